The Morgan fingerprint density at radius 1 is 1.04 bits per heavy atom. The number of benzene rings is 1. The molecule has 2 aromatic rings. The van der Waals surface area contributed by atoms with E-state index in [9.17, 15) is 9.59 Å². The van der Waals surface area contributed by atoms with Crippen molar-refractivity contribution in [3.8, 4) is 11.3 Å². The van der Waals surface area contributed by atoms with Gasteiger partial charge in [-0.25, -0.2) is 0 Å². The summed E-state index contributed by atoms with van der Waals surface area (Å²) in [5.74, 6) is -0.297. The molecule has 2 saturated carbocycles. The molecular weight excluding hydrogens is 336 g/mol. The fourth-order valence-corrected chi connectivity index (χ4v) is 4.33. The van der Waals surface area contributed by atoms with Gasteiger partial charge in [0, 0.05) is 17.4 Å². The van der Waals surface area contributed by atoms with E-state index in [0.717, 1.165) is 42.4 Å². The van der Waals surface area contributed by atoms with Gasteiger partial charge in [-0.15, -0.1) is 10.2 Å². The van der Waals surface area contributed by atoms with Gasteiger partial charge in [0.1, 0.15) is 5.92 Å². The number of fused-ring (bicyclic) bond motifs is 2. The second-order valence-electron chi connectivity index (χ2n) is 6.95. The molecule has 0 saturated heterocycles. The largest absolute Gasteiger partial charge is 0.298 e. The lowest BCUT2D eigenvalue weighted by atomic mass is 9.73. The Labute approximate surface area is 151 Å². The van der Waals surface area contributed by atoms with E-state index in [4.69, 9.17) is 11.6 Å². The molecule has 1 aromatic heterocycles. The number of hydrogen-bond acceptors (Lipinski definition) is 4. The fraction of sp³-hybridized carbons (Fsp3) is 0.400. The molecule has 2 fully saturated rings. The maximum Gasteiger partial charge on any atom is 0.151 e. The lowest BCUT2D eigenvalue weighted by molar-refractivity contribution is -0.135. The third-order valence-electron chi connectivity index (χ3n) is 5.57. The summed E-state index contributed by atoms with van der Waals surface area (Å²) < 4.78 is 0. The first-order valence-electron chi connectivity index (χ1n) is 8.78. The van der Waals surface area contributed by atoms with Crippen molar-refractivity contribution in [3.63, 3.8) is 0 Å². The van der Waals surface area contributed by atoms with Crippen LogP contribution in [0.5, 0.6) is 0 Å². The van der Waals surface area contributed by atoms with Crippen LogP contribution in [0.4, 0.5) is 0 Å². The predicted octanol–water partition coefficient (Wildman–Crippen LogP) is 4.01. The van der Waals surface area contributed by atoms with Gasteiger partial charge >= 0.3 is 0 Å². The lowest BCUT2D eigenvalue weighted by Crippen LogP contribution is -2.35. The number of nitrogens with zero attached hydrogens (tertiary/aromatic N) is 2. The van der Waals surface area contributed by atoms with Crippen molar-refractivity contribution in [1.82, 2.24) is 10.2 Å². The highest BCUT2D eigenvalue weighted by molar-refractivity contribution is 6.29. The third-order valence-corrected chi connectivity index (χ3v) is 5.77. The van der Waals surface area contributed by atoms with Crippen LogP contribution in [0.15, 0.2) is 30.3 Å². The Morgan fingerprint density at radius 2 is 1.76 bits per heavy atom. The molecule has 2 atom stereocenters. The first kappa shape index (κ1) is 16.4. The zero-order valence-electron chi connectivity index (χ0n) is 14.0. The van der Waals surface area contributed by atoms with Crippen molar-refractivity contribution < 1.29 is 9.59 Å². The molecule has 0 amide bonds. The molecule has 0 aliphatic heterocycles. The Balaban J connectivity index is 1.80. The third kappa shape index (κ3) is 2.78. The Bertz CT molecular complexity index is 825. The van der Waals surface area contributed by atoms with Crippen LogP contribution in [0, 0.1) is 11.8 Å². The molecule has 128 valence electrons. The minimum atomic E-state index is -0.610. The van der Waals surface area contributed by atoms with E-state index < -0.39 is 5.92 Å². The molecule has 0 radical (unpaired) electrons. The van der Waals surface area contributed by atoms with Crippen LogP contribution in [-0.4, -0.2) is 21.8 Å². The highest BCUT2D eigenvalue weighted by Crippen LogP contribution is 2.45. The van der Waals surface area contributed by atoms with Gasteiger partial charge in [0.15, 0.2) is 16.7 Å². The fourth-order valence-electron chi connectivity index (χ4n) is 4.23. The number of carbonyl (C=O) groups excluding carboxylic acids is 2. The minimum absolute atomic E-state index is 0.0522. The van der Waals surface area contributed by atoms with Crippen molar-refractivity contribution in [2.75, 3.05) is 0 Å². The molecule has 5 heteroatoms. The van der Waals surface area contributed by atoms with Crippen LogP contribution in [0.1, 0.15) is 43.2 Å². The second-order valence-corrected chi connectivity index (χ2v) is 7.34. The van der Waals surface area contributed by atoms with Crippen molar-refractivity contribution in [1.29, 1.82) is 0 Å². The zero-order chi connectivity index (χ0) is 17.6. The summed E-state index contributed by atoms with van der Waals surface area (Å²) in [5.41, 5.74) is 3.45. The molecule has 25 heavy (non-hydrogen) atoms. The summed E-state index contributed by atoms with van der Waals surface area (Å²) in [6, 6.07) is 9.40. The lowest BCUT2D eigenvalue weighted by Gasteiger charge is -2.27. The summed E-state index contributed by atoms with van der Waals surface area (Å²) in [4.78, 5) is 25.8. The number of rotatable bonds is 3. The van der Waals surface area contributed by atoms with Crippen molar-refractivity contribution in [2.45, 2.75) is 38.5 Å². The molecule has 4 nitrogen and oxygen atoms in total. The molecule has 0 N–H and O–H groups in total. The van der Waals surface area contributed by atoms with Gasteiger partial charge in [0.25, 0.3) is 0 Å². The van der Waals surface area contributed by atoms with E-state index in [-0.39, 0.29) is 23.4 Å². The van der Waals surface area contributed by atoms with Crippen molar-refractivity contribution >= 4 is 23.2 Å². The van der Waals surface area contributed by atoms with Crippen LogP contribution in [-0.2, 0) is 16.0 Å². The van der Waals surface area contributed by atoms with Gasteiger partial charge in [0.05, 0.1) is 5.69 Å². The number of aromatic nitrogens is 2. The van der Waals surface area contributed by atoms with Crippen LogP contribution >= 0.6 is 11.6 Å². The van der Waals surface area contributed by atoms with E-state index >= 15 is 0 Å². The second kappa shape index (κ2) is 6.34. The summed E-state index contributed by atoms with van der Waals surface area (Å²) in [6.45, 7) is 2.05. The van der Waals surface area contributed by atoms with E-state index in [1.807, 2.05) is 25.1 Å². The van der Waals surface area contributed by atoms with Gasteiger partial charge in [-0.1, -0.05) is 30.7 Å². The van der Waals surface area contributed by atoms with E-state index in [1.165, 1.54) is 0 Å². The summed E-state index contributed by atoms with van der Waals surface area (Å²) in [6.07, 6.45) is 3.25. The first-order chi connectivity index (χ1) is 12.1. The van der Waals surface area contributed by atoms with Crippen LogP contribution in [0.25, 0.3) is 11.3 Å². The molecule has 2 bridgehead atoms. The van der Waals surface area contributed by atoms with Gasteiger partial charge in [-0.3, -0.25) is 9.59 Å². The van der Waals surface area contributed by atoms with E-state index in [0.29, 0.717) is 10.8 Å². The monoisotopic (exact) mass is 354 g/mol. The molecule has 1 heterocycles. The summed E-state index contributed by atoms with van der Waals surface area (Å²) >= 11 is 5.81. The van der Waals surface area contributed by atoms with E-state index in [1.54, 1.807) is 12.1 Å². The number of hydrogen-bond donors (Lipinski definition) is 0. The standard InChI is InChI=1S/C20H19ClN2O2/c1-2-11-3-4-12(16-7-8-17(21)23-22-16)10-15(11)18-19(24)13-5-6-14(9-13)20(18)25/h3-4,7-8,10,13-14,18H,2,5-6,9H2,1H3. The Morgan fingerprint density at radius 3 is 2.36 bits per heavy atom. The normalized spacial score (nSPS) is 25.4. The summed E-state index contributed by atoms with van der Waals surface area (Å²) in [5, 5.41) is 8.34. The SMILES string of the molecule is CCc1ccc(-c2ccc(Cl)nn2)cc1C1C(=O)C2CCC(C2)C1=O. The van der Waals surface area contributed by atoms with Crippen LogP contribution in [0.2, 0.25) is 5.15 Å². The zero-order valence-corrected chi connectivity index (χ0v) is 14.8. The van der Waals surface area contributed by atoms with Gasteiger partial charge < -0.3 is 0 Å². The average Bonchev–Trinajstić information content (AvgIpc) is 3.08. The highest BCUT2D eigenvalue weighted by Gasteiger charge is 2.47. The first-order valence-corrected chi connectivity index (χ1v) is 9.16. The molecule has 1 aromatic carbocycles. The maximum absolute atomic E-state index is 12.9. The molecule has 2 aliphatic carbocycles. The Kier molecular flexibility index (Phi) is 4.16. The van der Waals surface area contributed by atoms with Crippen molar-refractivity contribution in [3.05, 3.63) is 46.6 Å². The minimum Gasteiger partial charge on any atom is -0.298 e. The Hall–Kier alpha value is -2.07. The van der Waals surface area contributed by atoms with Gasteiger partial charge in [-0.2, -0.15) is 0 Å². The molecular formula is C20H19ClN2O2. The number of ketones is 2. The number of Topliss-reactive ketones (excluding diaryl/α,β-unsaturated/α-hetero) is 2. The molecule has 2 unspecified atom stereocenters. The maximum atomic E-state index is 12.9. The van der Waals surface area contributed by atoms with Crippen LogP contribution < -0.4 is 0 Å². The van der Waals surface area contributed by atoms with Crippen LogP contribution in [0.3, 0.4) is 0 Å². The quantitative estimate of drug-likeness (QED) is 0.781. The highest BCUT2D eigenvalue weighted by atomic mass is 35.5. The molecule has 0 spiro atoms. The molecule has 4 rings (SSSR count). The summed E-state index contributed by atoms with van der Waals surface area (Å²) in [7, 11) is 0. The number of carbonyl (C=O) groups is 2. The number of aryl methyl sites for hydroxylation is 1. The van der Waals surface area contributed by atoms with Crippen molar-refractivity contribution in [2.24, 2.45) is 11.8 Å². The van der Waals surface area contributed by atoms with Gasteiger partial charge in [-0.05, 0) is 55.0 Å². The number of halogens is 1. The van der Waals surface area contributed by atoms with Gasteiger partial charge in [0.2, 0.25) is 0 Å². The average molecular weight is 355 g/mol. The van der Waals surface area contributed by atoms with E-state index in [2.05, 4.69) is 10.2 Å². The smallest absolute Gasteiger partial charge is 0.151 e. The molecule has 2 aliphatic rings. The topological polar surface area (TPSA) is 59.9 Å². The predicted molar refractivity (Wildman–Crippen MR) is 95.4 cm³/mol.